The molecular weight excluding hydrogens is 862 g/mol. The first-order valence-corrected chi connectivity index (χ1v) is 22.8. The van der Waals surface area contributed by atoms with E-state index in [1.807, 2.05) is 24.3 Å². The molecule has 0 spiro atoms. The van der Waals surface area contributed by atoms with Crippen LogP contribution in [0, 0.1) is 33.7 Å². The van der Waals surface area contributed by atoms with Crippen LogP contribution in [-0.2, 0) is 27.5 Å². The van der Waals surface area contributed by atoms with Gasteiger partial charge in [0.1, 0.15) is 37.1 Å². The zero-order valence-electron chi connectivity index (χ0n) is 37.5. The minimum Gasteiger partial charge on any atom is -0.489 e. The van der Waals surface area contributed by atoms with Gasteiger partial charge in [-0.15, -0.1) is 6.58 Å². The number of nitro benzene ring substituents is 1. The summed E-state index contributed by atoms with van der Waals surface area (Å²) in [6, 6.07) is 22.7. The van der Waals surface area contributed by atoms with Gasteiger partial charge in [0.05, 0.1) is 23.2 Å². The third-order valence-corrected chi connectivity index (χ3v) is 13.2. The summed E-state index contributed by atoms with van der Waals surface area (Å²) in [6.45, 7) is 4.32. The molecule has 4 aliphatic rings. The number of halogens is 1. The third-order valence-electron chi connectivity index (χ3n) is 13.2. The van der Waals surface area contributed by atoms with E-state index >= 15 is 4.79 Å². The van der Waals surface area contributed by atoms with Crippen LogP contribution in [0.25, 0.3) is 6.08 Å². The number of amides is 1. The van der Waals surface area contributed by atoms with Gasteiger partial charge in [-0.3, -0.25) is 14.9 Å². The summed E-state index contributed by atoms with van der Waals surface area (Å²) in [6.07, 6.45) is 11.3. The lowest BCUT2D eigenvalue weighted by molar-refractivity contribution is -0.384. The number of aliphatic hydroxyl groups is 2. The van der Waals surface area contributed by atoms with Gasteiger partial charge in [-0.1, -0.05) is 54.4 Å². The fourth-order valence-corrected chi connectivity index (χ4v) is 10.2. The molecular formula is C52H56FN3O11. The van der Waals surface area contributed by atoms with Crippen LogP contribution < -0.4 is 18.9 Å². The van der Waals surface area contributed by atoms with Gasteiger partial charge in [-0.05, 0) is 109 Å². The molecule has 2 heterocycles. The molecule has 0 bridgehead atoms. The van der Waals surface area contributed by atoms with Crippen LogP contribution in [0.2, 0.25) is 0 Å². The molecule has 14 nitrogen and oxygen atoms in total. The molecule has 6 unspecified atom stereocenters. The number of nitrogens with zero attached hydrogens (tertiary/aromatic N) is 3. The molecule has 4 aromatic rings. The number of non-ortho nitro benzene ring substituents is 1. The summed E-state index contributed by atoms with van der Waals surface area (Å²) in [4.78, 5) is 33.4. The first-order chi connectivity index (χ1) is 32.7. The van der Waals surface area contributed by atoms with E-state index in [0.717, 1.165) is 42.4 Å². The van der Waals surface area contributed by atoms with E-state index in [0.29, 0.717) is 52.7 Å². The van der Waals surface area contributed by atoms with Crippen molar-refractivity contribution in [3.63, 3.8) is 0 Å². The van der Waals surface area contributed by atoms with Crippen molar-refractivity contribution >= 4 is 23.4 Å². The number of benzene rings is 4. The average molecular weight is 918 g/mol. The molecule has 0 saturated heterocycles. The van der Waals surface area contributed by atoms with Crippen molar-refractivity contribution in [2.24, 2.45) is 22.9 Å². The maximum atomic E-state index is 15.1. The standard InChI is InChI=1S/C52H56FN3O11/c1-3-26-66-52-48(55(31-35-16-21-46-47(27-35)65-33-64-46)49(59)23-17-34-14-18-38(19-15-34)56(60)61)30-44(54-62-2)41-28-36(10-6-8-24-57)40(12-7-9-25-58)50(51(41)52)42-29-39(20-22-45(42)67-52)63-32-37-11-4-5-13-43(37)53/h3-5,11,13-23,27-29,36,40,48,50-51,57-58H,1,6-10,12,24-26,30-33H2,2H3. The number of unbranched alkanes of at least 4 members (excludes halogenated alkanes) is 2. The van der Waals surface area contributed by atoms with E-state index in [1.165, 1.54) is 31.4 Å². The Bertz CT molecular complexity index is 2510. The number of allylic oxidation sites excluding steroid dienone is 1. The van der Waals surface area contributed by atoms with Gasteiger partial charge in [0.15, 0.2) is 11.5 Å². The van der Waals surface area contributed by atoms with Gasteiger partial charge >= 0.3 is 0 Å². The van der Waals surface area contributed by atoms with Crippen LogP contribution in [0.1, 0.15) is 73.1 Å². The zero-order valence-corrected chi connectivity index (χ0v) is 37.5. The monoisotopic (exact) mass is 917 g/mol. The Hall–Kier alpha value is -6.55. The van der Waals surface area contributed by atoms with Crippen LogP contribution in [0.4, 0.5) is 10.1 Å². The van der Waals surface area contributed by atoms with Crippen molar-refractivity contribution in [1.82, 2.24) is 4.90 Å². The van der Waals surface area contributed by atoms with Crippen molar-refractivity contribution < 1.29 is 52.8 Å². The van der Waals surface area contributed by atoms with Crippen LogP contribution >= 0.6 is 0 Å². The van der Waals surface area contributed by atoms with E-state index < -0.39 is 28.6 Å². The average Bonchev–Trinajstić information content (AvgIpc) is 3.81. The summed E-state index contributed by atoms with van der Waals surface area (Å²) in [5.74, 6) is -1.11. The number of hydrogen-bond acceptors (Lipinski definition) is 12. The minimum atomic E-state index is -1.56. The summed E-state index contributed by atoms with van der Waals surface area (Å²) in [7, 11) is 1.49. The molecule has 67 heavy (non-hydrogen) atoms. The summed E-state index contributed by atoms with van der Waals surface area (Å²) >= 11 is 0. The Morgan fingerprint density at radius 2 is 1.75 bits per heavy atom. The largest absolute Gasteiger partial charge is 0.489 e. The molecule has 352 valence electrons. The summed E-state index contributed by atoms with van der Waals surface area (Å²) in [5.41, 5.74) is 3.98. The van der Waals surface area contributed by atoms with Crippen molar-refractivity contribution in [2.45, 2.75) is 75.8 Å². The zero-order chi connectivity index (χ0) is 46.9. The van der Waals surface area contributed by atoms with Crippen molar-refractivity contribution in [3.05, 3.63) is 153 Å². The minimum absolute atomic E-state index is 0.00129. The van der Waals surface area contributed by atoms with E-state index in [-0.39, 0.29) is 75.4 Å². The molecule has 8 rings (SSSR count). The van der Waals surface area contributed by atoms with Gasteiger partial charge < -0.3 is 43.6 Å². The predicted molar refractivity (Wildman–Crippen MR) is 248 cm³/mol. The van der Waals surface area contributed by atoms with E-state index in [1.54, 1.807) is 59.5 Å². The molecule has 2 aliphatic carbocycles. The first-order valence-electron chi connectivity index (χ1n) is 22.8. The van der Waals surface area contributed by atoms with Crippen molar-refractivity contribution in [3.8, 4) is 23.0 Å². The lowest BCUT2D eigenvalue weighted by atomic mass is 9.55. The second-order valence-electron chi connectivity index (χ2n) is 17.2. The van der Waals surface area contributed by atoms with Crippen LogP contribution in [-0.4, -0.2) is 77.2 Å². The molecule has 1 fully saturated rings. The number of carbonyl (C=O) groups excluding carboxylic acids is 1. The highest BCUT2D eigenvalue weighted by Gasteiger charge is 2.65. The van der Waals surface area contributed by atoms with Gasteiger partial charge in [-0.25, -0.2) is 4.39 Å². The number of ether oxygens (including phenoxy) is 5. The Labute approximate surface area is 389 Å². The molecule has 4 aromatic carbocycles. The Morgan fingerprint density at radius 3 is 2.49 bits per heavy atom. The molecule has 1 saturated carbocycles. The van der Waals surface area contributed by atoms with Crippen molar-refractivity contribution in [1.29, 1.82) is 0 Å². The van der Waals surface area contributed by atoms with E-state index in [2.05, 4.69) is 17.8 Å². The maximum Gasteiger partial charge on any atom is 0.269 e. The van der Waals surface area contributed by atoms with Gasteiger partial charge in [0.2, 0.25) is 18.5 Å². The van der Waals surface area contributed by atoms with E-state index in [9.17, 15) is 24.7 Å². The molecule has 2 aliphatic heterocycles. The first kappa shape index (κ1) is 47.0. The Balaban J connectivity index is 1.30. The SMILES string of the molecule is C=CCOC12Oc3ccc(OCc4ccccc4F)cc3C3C(CCCCO)C(CCCCO)C=C(C(=NOC)CC1N(Cc1ccc4c(c1)OCO4)C(=O)C=Cc1ccc([N+](=O)[O-])cc1)C32. The summed E-state index contributed by atoms with van der Waals surface area (Å²) in [5, 5.41) is 36.0. The number of nitro groups is 1. The number of hydrogen-bond donors (Lipinski definition) is 2. The smallest absolute Gasteiger partial charge is 0.269 e. The number of rotatable bonds is 21. The second-order valence-corrected chi connectivity index (χ2v) is 17.2. The second kappa shape index (κ2) is 21.4. The molecule has 15 heteroatoms. The molecule has 0 radical (unpaired) electrons. The highest BCUT2D eigenvalue weighted by Crippen LogP contribution is 2.62. The molecule has 2 N–H and O–H groups in total. The Morgan fingerprint density at radius 1 is 0.985 bits per heavy atom. The predicted octanol–water partition coefficient (Wildman–Crippen LogP) is 9.05. The molecule has 0 aromatic heterocycles. The van der Waals surface area contributed by atoms with Crippen molar-refractivity contribution in [2.75, 3.05) is 33.7 Å². The van der Waals surface area contributed by atoms with Gasteiger partial charge in [-0.2, -0.15) is 0 Å². The fraction of sp³-hybridized carbons (Fsp3) is 0.385. The highest BCUT2D eigenvalue weighted by molar-refractivity contribution is 6.03. The lowest BCUT2D eigenvalue weighted by Crippen LogP contribution is -2.70. The Kier molecular flexibility index (Phi) is 15.0. The number of fused-ring (bicyclic) bond motifs is 3. The van der Waals surface area contributed by atoms with Gasteiger partial charge in [0, 0.05) is 61.4 Å². The molecule has 1 amide bonds. The van der Waals surface area contributed by atoms with Gasteiger partial charge in [0.25, 0.3) is 5.69 Å². The van der Waals surface area contributed by atoms with Crippen LogP contribution in [0.15, 0.2) is 120 Å². The topological polar surface area (TPSA) is 172 Å². The highest BCUT2D eigenvalue weighted by atomic mass is 19.1. The molecule has 6 atom stereocenters. The third kappa shape index (κ3) is 10.1. The number of oxime groups is 1. The lowest BCUT2D eigenvalue weighted by Gasteiger charge is -2.60. The quantitative estimate of drug-likeness (QED) is 0.0269. The number of aliphatic hydroxyl groups excluding tert-OH is 2. The summed E-state index contributed by atoms with van der Waals surface area (Å²) < 4.78 is 47.0. The van der Waals surface area contributed by atoms with Crippen LogP contribution in [0.3, 0.4) is 0 Å². The van der Waals surface area contributed by atoms with E-state index in [4.69, 9.17) is 28.5 Å². The fourth-order valence-electron chi connectivity index (χ4n) is 10.2. The maximum absolute atomic E-state index is 15.1. The normalized spacial score (nSPS) is 22.9. The van der Waals surface area contributed by atoms with Crippen LogP contribution in [0.5, 0.6) is 23.0 Å². The number of carbonyl (C=O) groups is 1.